The topological polar surface area (TPSA) is 91.2 Å². The summed E-state index contributed by atoms with van der Waals surface area (Å²) in [6, 6.07) is 17.2. The van der Waals surface area contributed by atoms with Crippen molar-refractivity contribution in [3.8, 4) is 28.7 Å². The van der Waals surface area contributed by atoms with E-state index in [0.717, 1.165) is 11.1 Å². The van der Waals surface area contributed by atoms with Gasteiger partial charge in [-0.05, 0) is 36.8 Å². The minimum Gasteiger partial charge on any atom is -0.454 e. The number of hydrogen-bond donors (Lipinski definition) is 1. The van der Waals surface area contributed by atoms with Gasteiger partial charge in [-0.25, -0.2) is 14.6 Å². The number of carbonyl (C=O) groups excluding carboxylic acids is 1. The molecule has 0 atom stereocenters. The predicted molar refractivity (Wildman–Crippen MR) is 113 cm³/mol. The third-order valence-electron chi connectivity index (χ3n) is 5.05. The molecule has 8 heteroatoms. The lowest BCUT2D eigenvalue weighted by Gasteiger charge is -2.07. The molecule has 3 heterocycles. The third kappa shape index (κ3) is 3.71. The highest BCUT2D eigenvalue weighted by molar-refractivity contribution is 5.95. The van der Waals surface area contributed by atoms with Crippen LogP contribution in [0.3, 0.4) is 0 Å². The van der Waals surface area contributed by atoms with Gasteiger partial charge in [0.2, 0.25) is 6.79 Å². The summed E-state index contributed by atoms with van der Waals surface area (Å²) in [7, 11) is 0. The van der Waals surface area contributed by atoms with E-state index >= 15 is 0 Å². The van der Waals surface area contributed by atoms with E-state index in [4.69, 9.17) is 9.47 Å². The van der Waals surface area contributed by atoms with Crippen molar-refractivity contribution in [1.29, 1.82) is 0 Å². The zero-order chi connectivity index (χ0) is 21.2. The molecule has 0 aliphatic carbocycles. The summed E-state index contributed by atoms with van der Waals surface area (Å²) in [5.41, 5.74) is 3.76. The Labute approximate surface area is 178 Å². The number of aromatic nitrogens is 4. The van der Waals surface area contributed by atoms with E-state index in [2.05, 4.69) is 20.4 Å². The molecule has 0 fully saturated rings. The normalized spacial score (nSPS) is 12.0. The van der Waals surface area contributed by atoms with E-state index in [0.29, 0.717) is 40.9 Å². The molecule has 31 heavy (non-hydrogen) atoms. The van der Waals surface area contributed by atoms with E-state index in [1.54, 1.807) is 10.9 Å². The smallest absolute Gasteiger partial charge is 0.255 e. The monoisotopic (exact) mass is 413 g/mol. The molecule has 5 rings (SSSR count). The highest BCUT2D eigenvalue weighted by Gasteiger charge is 2.18. The van der Waals surface area contributed by atoms with E-state index in [9.17, 15) is 4.79 Å². The van der Waals surface area contributed by atoms with Gasteiger partial charge in [0, 0.05) is 18.3 Å². The van der Waals surface area contributed by atoms with Crippen LogP contribution in [0.1, 0.15) is 21.6 Å². The molecule has 0 saturated heterocycles. The molecule has 1 amide bonds. The highest BCUT2D eigenvalue weighted by atomic mass is 16.7. The molecule has 0 spiro atoms. The number of amides is 1. The molecule has 2 aromatic heterocycles. The molecule has 0 saturated carbocycles. The quantitative estimate of drug-likeness (QED) is 0.540. The number of hydrogen-bond acceptors (Lipinski definition) is 6. The number of benzene rings is 2. The van der Waals surface area contributed by atoms with E-state index in [1.165, 1.54) is 6.20 Å². The Morgan fingerprint density at radius 2 is 1.94 bits per heavy atom. The van der Waals surface area contributed by atoms with Gasteiger partial charge in [0.1, 0.15) is 0 Å². The van der Waals surface area contributed by atoms with E-state index < -0.39 is 0 Å². The van der Waals surface area contributed by atoms with Crippen LogP contribution < -0.4 is 14.8 Å². The summed E-state index contributed by atoms with van der Waals surface area (Å²) in [6.45, 7) is 2.48. The van der Waals surface area contributed by atoms with Crippen molar-refractivity contribution in [3.63, 3.8) is 0 Å². The summed E-state index contributed by atoms with van der Waals surface area (Å²) in [5.74, 6) is 1.59. The Hall–Kier alpha value is -4.20. The molecular weight excluding hydrogens is 394 g/mol. The SMILES string of the molecule is Cc1c(C(=O)NCc2ccccc2)cnn1-c1nccc(-c2ccc3c(c2)OCO3)n1. The van der Waals surface area contributed by atoms with Crippen molar-refractivity contribution in [2.24, 2.45) is 0 Å². The summed E-state index contributed by atoms with van der Waals surface area (Å²) >= 11 is 0. The fraction of sp³-hybridized carbons (Fsp3) is 0.130. The molecule has 4 aromatic rings. The van der Waals surface area contributed by atoms with Gasteiger partial charge in [-0.1, -0.05) is 30.3 Å². The Morgan fingerprint density at radius 1 is 1.10 bits per heavy atom. The maximum atomic E-state index is 12.6. The summed E-state index contributed by atoms with van der Waals surface area (Å²) in [5, 5.41) is 7.26. The Bertz CT molecular complexity index is 1250. The van der Waals surface area contributed by atoms with Crippen LogP contribution in [0.25, 0.3) is 17.2 Å². The molecule has 0 unspecified atom stereocenters. The first-order chi connectivity index (χ1) is 15.2. The predicted octanol–water partition coefficient (Wildman–Crippen LogP) is 3.30. The maximum absolute atomic E-state index is 12.6. The van der Waals surface area contributed by atoms with E-state index in [1.807, 2.05) is 61.5 Å². The molecule has 1 aliphatic heterocycles. The van der Waals surface area contributed by atoms with Crippen molar-refractivity contribution in [2.45, 2.75) is 13.5 Å². The summed E-state index contributed by atoms with van der Waals surface area (Å²) in [4.78, 5) is 21.6. The van der Waals surface area contributed by atoms with Crippen LogP contribution in [0.4, 0.5) is 0 Å². The zero-order valence-electron chi connectivity index (χ0n) is 16.8. The summed E-state index contributed by atoms with van der Waals surface area (Å²) < 4.78 is 12.4. The largest absolute Gasteiger partial charge is 0.454 e. The first-order valence-electron chi connectivity index (χ1n) is 9.79. The van der Waals surface area contributed by atoms with E-state index in [-0.39, 0.29) is 12.7 Å². The molecule has 1 N–H and O–H groups in total. The van der Waals surface area contributed by atoms with Crippen molar-refractivity contribution < 1.29 is 14.3 Å². The molecular formula is C23H19N5O3. The first-order valence-corrected chi connectivity index (χ1v) is 9.79. The second-order valence-corrected chi connectivity index (χ2v) is 7.03. The first kappa shape index (κ1) is 18.8. The van der Waals surface area contributed by atoms with Gasteiger partial charge in [0.15, 0.2) is 11.5 Å². The highest BCUT2D eigenvalue weighted by Crippen LogP contribution is 2.35. The number of carbonyl (C=O) groups is 1. The van der Waals surface area contributed by atoms with Gasteiger partial charge in [-0.15, -0.1) is 0 Å². The van der Waals surface area contributed by atoms with Crippen molar-refractivity contribution in [3.05, 3.63) is 83.8 Å². The molecule has 1 aliphatic rings. The lowest BCUT2D eigenvalue weighted by Crippen LogP contribution is -2.23. The average molecular weight is 413 g/mol. The second-order valence-electron chi connectivity index (χ2n) is 7.03. The molecule has 8 nitrogen and oxygen atoms in total. The van der Waals surface area contributed by atoms with Gasteiger partial charge in [-0.3, -0.25) is 4.79 Å². The van der Waals surface area contributed by atoms with Crippen molar-refractivity contribution in [1.82, 2.24) is 25.1 Å². The number of nitrogens with one attached hydrogen (secondary N) is 1. The van der Waals surface area contributed by atoms with Crippen LogP contribution in [-0.4, -0.2) is 32.4 Å². The zero-order valence-corrected chi connectivity index (χ0v) is 16.8. The summed E-state index contributed by atoms with van der Waals surface area (Å²) in [6.07, 6.45) is 3.20. The standard InChI is InChI=1S/C23H19N5O3/c1-15-18(22(29)25-12-16-5-3-2-4-6-16)13-26-28(15)23-24-10-9-19(27-23)17-7-8-20-21(11-17)31-14-30-20/h2-11,13H,12,14H2,1H3,(H,25,29). The van der Waals surface area contributed by atoms with Gasteiger partial charge >= 0.3 is 0 Å². The van der Waals surface area contributed by atoms with Gasteiger partial charge in [0.25, 0.3) is 11.9 Å². The van der Waals surface area contributed by atoms with Crippen LogP contribution in [0.5, 0.6) is 11.5 Å². The van der Waals surface area contributed by atoms with Crippen LogP contribution in [-0.2, 0) is 6.54 Å². The van der Waals surface area contributed by atoms with Crippen LogP contribution >= 0.6 is 0 Å². The molecule has 0 bridgehead atoms. The van der Waals surface area contributed by atoms with Crippen molar-refractivity contribution >= 4 is 5.91 Å². The molecule has 0 radical (unpaired) electrons. The molecule has 154 valence electrons. The number of nitrogens with zero attached hydrogens (tertiary/aromatic N) is 4. The second kappa shape index (κ2) is 7.91. The number of rotatable bonds is 5. The minimum atomic E-state index is -0.195. The minimum absolute atomic E-state index is 0.195. The van der Waals surface area contributed by atoms with Crippen LogP contribution in [0.15, 0.2) is 67.0 Å². The fourth-order valence-electron chi connectivity index (χ4n) is 3.37. The van der Waals surface area contributed by atoms with Gasteiger partial charge in [-0.2, -0.15) is 5.10 Å². The number of fused-ring (bicyclic) bond motifs is 1. The fourth-order valence-corrected chi connectivity index (χ4v) is 3.37. The van der Waals surface area contributed by atoms with Gasteiger partial charge in [0.05, 0.1) is 23.1 Å². The average Bonchev–Trinajstić information content (AvgIpc) is 3.44. The Balaban J connectivity index is 1.38. The lowest BCUT2D eigenvalue weighted by molar-refractivity contribution is 0.0950. The Morgan fingerprint density at radius 3 is 2.81 bits per heavy atom. The van der Waals surface area contributed by atoms with Crippen molar-refractivity contribution in [2.75, 3.05) is 6.79 Å². The lowest BCUT2D eigenvalue weighted by atomic mass is 10.1. The third-order valence-corrected chi connectivity index (χ3v) is 5.05. The molecule has 2 aromatic carbocycles. The van der Waals surface area contributed by atoms with Gasteiger partial charge < -0.3 is 14.8 Å². The maximum Gasteiger partial charge on any atom is 0.255 e. The Kier molecular flexibility index (Phi) is 4.80. The number of ether oxygens (including phenoxy) is 2. The van der Waals surface area contributed by atoms with Crippen LogP contribution in [0, 0.1) is 6.92 Å². The van der Waals surface area contributed by atoms with Crippen LogP contribution in [0.2, 0.25) is 0 Å².